The molecule has 0 bridgehead atoms. The van der Waals surface area contributed by atoms with Crippen molar-refractivity contribution in [3.05, 3.63) is 89.8 Å². The fraction of sp³-hybridized carbons (Fsp3) is 0.0833. The second-order valence-corrected chi connectivity index (χ2v) is 12.4. The summed E-state index contributed by atoms with van der Waals surface area (Å²) in [6.45, 7) is 0.139. The van der Waals surface area contributed by atoms with Crippen LogP contribution in [-0.4, -0.2) is 31.6 Å². The quantitative estimate of drug-likeness (QED) is 0.152. The van der Waals surface area contributed by atoms with E-state index in [0.717, 1.165) is 21.8 Å². The van der Waals surface area contributed by atoms with Crippen LogP contribution >= 0.6 is 61.9 Å². The van der Waals surface area contributed by atoms with Gasteiger partial charge >= 0.3 is 10.1 Å². The van der Waals surface area contributed by atoms with Crippen molar-refractivity contribution in [2.24, 2.45) is 0 Å². The van der Waals surface area contributed by atoms with Crippen LogP contribution in [0.5, 0.6) is 11.5 Å². The lowest BCUT2D eigenvalue weighted by Gasteiger charge is -2.14. The molecule has 0 atom stereocenters. The third-order valence-electron chi connectivity index (χ3n) is 5.00. The molecule has 186 valence electrons. The van der Waals surface area contributed by atoms with Gasteiger partial charge in [-0.1, -0.05) is 45.7 Å². The fourth-order valence-corrected chi connectivity index (χ4v) is 6.46. The van der Waals surface area contributed by atoms with Crippen LogP contribution in [0.4, 0.5) is 4.79 Å². The van der Waals surface area contributed by atoms with E-state index >= 15 is 0 Å². The molecule has 0 aliphatic carbocycles. The van der Waals surface area contributed by atoms with Gasteiger partial charge in [-0.15, -0.1) is 0 Å². The van der Waals surface area contributed by atoms with E-state index < -0.39 is 16.0 Å². The standard InChI is InChI=1S/C24H16BrClINO6S2/c1-33-20-11-14(10-19(27)22(20)34-36(31,32)17-8-6-16(26)7-9-17)12-21-23(29)28(24(30)35-21)13-15-4-2-3-5-18(15)25/h2-12H,13H2,1H3/b21-12-. The van der Waals surface area contributed by atoms with Gasteiger partial charge < -0.3 is 8.92 Å². The molecular formula is C24H16BrClINO6S2. The minimum atomic E-state index is -4.15. The van der Waals surface area contributed by atoms with Crippen molar-refractivity contribution >= 4 is 89.2 Å². The second kappa shape index (κ2) is 11.1. The van der Waals surface area contributed by atoms with Crippen LogP contribution in [0.15, 0.2) is 74.9 Å². The SMILES string of the molecule is COc1cc(/C=C2\SC(=O)N(Cc3ccccc3Br)C2=O)cc(I)c1OS(=O)(=O)c1ccc(Cl)cc1. The van der Waals surface area contributed by atoms with Crippen LogP contribution in [0.25, 0.3) is 6.08 Å². The van der Waals surface area contributed by atoms with Crippen LogP contribution in [0.1, 0.15) is 11.1 Å². The summed E-state index contributed by atoms with van der Waals surface area (Å²) in [6, 6.07) is 16.1. The molecule has 3 aromatic carbocycles. The molecule has 3 aromatic rings. The summed E-state index contributed by atoms with van der Waals surface area (Å²) in [5.41, 5.74) is 1.35. The summed E-state index contributed by atoms with van der Waals surface area (Å²) < 4.78 is 37.5. The highest BCUT2D eigenvalue weighted by Crippen LogP contribution is 2.39. The van der Waals surface area contributed by atoms with E-state index in [1.54, 1.807) is 12.1 Å². The number of halogens is 3. The van der Waals surface area contributed by atoms with Gasteiger partial charge in [-0.2, -0.15) is 8.42 Å². The van der Waals surface area contributed by atoms with Gasteiger partial charge in [-0.25, -0.2) is 0 Å². The number of benzene rings is 3. The third-order valence-corrected chi connectivity index (χ3v) is 8.97. The first kappa shape index (κ1) is 27.0. The number of ether oxygens (including phenoxy) is 1. The number of rotatable bonds is 7. The molecule has 0 aromatic heterocycles. The molecule has 36 heavy (non-hydrogen) atoms. The molecule has 1 aliphatic heterocycles. The largest absolute Gasteiger partial charge is 0.493 e. The van der Waals surface area contributed by atoms with E-state index in [9.17, 15) is 18.0 Å². The van der Waals surface area contributed by atoms with Crippen molar-refractivity contribution in [2.45, 2.75) is 11.4 Å². The van der Waals surface area contributed by atoms with Gasteiger partial charge in [0, 0.05) is 9.50 Å². The maximum absolute atomic E-state index is 13.0. The number of carbonyl (C=O) groups excluding carboxylic acids is 2. The van der Waals surface area contributed by atoms with Gasteiger partial charge in [0.1, 0.15) is 4.90 Å². The van der Waals surface area contributed by atoms with Gasteiger partial charge in [0.15, 0.2) is 11.5 Å². The van der Waals surface area contributed by atoms with Crippen molar-refractivity contribution in [3.63, 3.8) is 0 Å². The molecule has 4 rings (SSSR count). The number of methoxy groups -OCH3 is 1. The molecule has 0 spiro atoms. The number of hydrogen-bond acceptors (Lipinski definition) is 7. The zero-order valence-electron chi connectivity index (χ0n) is 18.4. The summed E-state index contributed by atoms with van der Waals surface area (Å²) in [7, 11) is -2.77. The van der Waals surface area contributed by atoms with Gasteiger partial charge in [0.25, 0.3) is 11.1 Å². The molecule has 2 amide bonds. The first-order chi connectivity index (χ1) is 17.1. The van der Waals surface area contributed by atoms with E-state index in [1.807, 2.05) is 46.9 Å². The van der Waals surface area contributed by atoms with E-state index in [4.69, 9.17) is 20.5 Å². The minimum Gasteiger partial charge on any atom is -0.493 e. The highest BCUT2D eigenvalue weighted by atomic mass is 127. The number of hydrogen-bond donors (Lipinski definition) is 0. The molecule has 1 saturated heterocycles. The summed E-state index contributed by atoms with van der Waals surface area (Å²) in [6.07, 6.45) is 1.56. The Labute approximate surface area is 239 Å². The van der Waals surface area contributed by atoms with Gasteiger partial charge in [-0.3, -0.25) is 14.5 Å². The Morgan fingerprint density at radius 2 is 1.81 bits per heavy atom. The third kappa shape index (κ3) is 5.91. The zero-order chi connectivity index (χ0) is 26.0. The highest BCUT2D eigenvalue weighted by Gasteiger charge is 2.35. The summed E-state index contributed by atoms with van der Waals surface area (Å²) in [4.78, 5) is 26.9. The minimum absolute atomic E-state index is 0.00670. The van der Waals surface area contributed by atoms with Crippen LogP contribution in [0.2, 0.25) is 5.02 Å². The van der Waals surface area contributed by atoms with Crippen LogP contribution in [0, 0.1) is 3.57 Å². The fourth-order valence-electron chi connectivity index (χ4n) is 3.25. The Bertz CT molecular complexity index is 1490. The molecule has 1 aliphatic rings. The lowest BCUT2D eigenvalue weighted by Crippen LogP contribution is -2.27. The predicted molar refractivity (Wildman–Crippen MR) is 151 cm³/mol. The molecule has 0 radical (unpaired) electrons. The molecule has 7 nitrogen and oxygen atoms in total. The monoisotopic (exact) mass is 719 g/mol. The number of imide groups is 1. The topological polar surface area (TPSA) is 90.0 Å². The summed E-state index contributed by atoms with van der Waals surface area (Å²) in [5.74, 6) is -0.259. The van der Waals surface area contributed by atoms with Gasteiger partial charge in [0.05, 0.1) is 22.1 Å². The van der Waals surface area contributed by atoms with E-state index in [0.29, 0.717) is 14.2 Å². The van der Waals surface area contributed by atoms with E-state index in [2.05, 4.69) is 15.9 Å². The predicted octanol–water partition coefficient (Wildman–Crippen LogP) is 6.72. The Morgan fingerprint density at radius 1 is 1.11 bits per heavy atom. The van der Waals surface area contributed by atoms with Crippen LogP contribution in [0.3, 0.4) is 0 Å². The Hall–Kier alpha value is -2.06. The summed E-state index contributed by atoms with van der Waals surface area (Å²) in [5, 5.41) is 0.0176. The molecule has 1 fully saturated rings. The number of nitrogens with zero attached hydrogens (tertiary/aromatic N) is 1. The van der Waals surface area contributed by atoms with Crippen molar-refractivity contribution in [1.29, 1.82) is 0 Å². The van der Waals surface area contributed by atoms with Crippen molar-refractivity contribution in [1.82, 2.24) is 4.90 Å². The summed E-state index contributed by atoms with van der Waals surface area (Å²) >= 11 is 12.0. The number of amides is 2. The first-order valence-electron chi connectivity index (χ1n) is 10.2. The molecule has 12 heteroatoms. The molecule has 0 saturated carbocycles. The molecule has 0 N–H and O–H groups in total. The Morgan fingerprint density at radius 3 is 2.47 bits per heavy atom. The molecular weight excluding hydrogens is 705 g/mol. The van der Waals surface area contributed by atoms with Crippen LogP contribution < -0.4 is 8.92 Å². The number of carbonyl (C=O) groups is 2. The maximum atomic E-state index is 13.0. The normalized spacial score (nSPS) is 15.0. The Kier molecular flexibility index (Phi) is 8.35. The molecule has 1 heterocycles. The highest BCUT2D eigenvalue weighted by molar-refractivity contribution is 14.1. The average Bonchev–Trinajstić information content (AvgIpc) is 3.09. The molecule has 0 unspecified atom stereocenters. The van der Waals surface area contributed by atoms with Crippen LogP contribution in [-0.2, 0) is 21.5 Å². The maximum Gasteiger partial charge on any atom is 0.339 e. The zero-order valence-corrected chi connectivity index (χ0v) is 24.5. The van der Waals surface area contributed by atoms with E-state index in [1.165, 1.54) is 42.3 Å². The van der Waals surface area contributed by atoms with Crippen molar-refractivity contribution in [2.75, 3.05) is 7.11 Å². The van der Waals surface area contributed by atoms with Gasteiger partial charge in [-0.05, 0) is 94.0 Å². The van der Waals surface area contributed by atoms with E-state index in [-0.39, 0.29) is 33.1 Å². The lowest BCUT2D eigenvalue weighted by atomic mass is 10.1. The average molecular weight is 721 g/mol. The van der Waals surface area contributed by atoms with Gasteiger partial charge in [0.2, 0.25) is 0 Å². The smallest absolute Gasteiger partial charge is 0.339 e. The number of thioether (sulfide) groups is 1. The van der Waals surface area contributed by atoms with Crippen molar-refractivity contribution in [3.8, 4) is 11.5 Å². The second-order valence-electron chi connectivity index (χ2n) is 7.38. The first-order valence-corrected chi connectivity index (χ1v) is 14.6. The Balaban J connectivity index is 1.60. The lowest BCUT2D eigenvalue weighted by molar-refractivity contribution is -0.123. The van der Waals surface area contributed by atoms with Crippen molar-refractivity contribution < 1.29 is 26.9 Å².